The summed E-state index contributed by atoms with van der Waals surface area (Å²) in [4.78, 5) is 36.8. The molecule has 0 saturated heterocycles. The van der Waals surface area contributed by atoms with Crippen molar-refractivity contribution in [2.75, 3.05) is 5.32 Å². The van der Waals surface area contributed by atoms with Crippen LogP contribution in [0.15, 0.2) is 32.3 Å². The Morgan fingerprint density at radius 2 is 1.89 bits per heavy atom. The zero-order chi connectivity index (χ0) is 20.4. The second-order valence-electron chi connectivity index (χ2n) is 5.91. The molecule has 0 atom stereocenters. The Kier molecular flexibility index (Phi) is 5.52. The second kappa shape index (κ2) is 7.87. The van der Waals surface area contributed by atoms with E-state index < -0.39 is 11.7 Å². The van der Waals surface area contributed by atoms with Crippen LogP contribution in [0.3, 0.4) is 0 Å². The molecule has 0 bridgehead atoms. The van der Waals surface area contributed by atoms with Crippen molar-refractivity contribution in [1.82, 2.24) is 20.3 Å². The first-order valence-corrected chi connectivity index (χ1v) is 8.64. The van der Waals surface area contributed by atoms with Crippen LogP contribution in [-0.4, -0.2) is 26.2 Å². The van der Waals surface area contributed by atoms with Gasteiger partial charge in [-0.05, 0) is 23.2 Å². The van der Waals surface area contributed by atoms with Crippen molar-refractivity contribution in [3.8, 4) is 11.6 Å². The maximum Gasteiger partial charge on any atom is 0.439 e. The van der Waals surface area contributed by atoms with Gasteiger partial charge in [-0.2, -0.15) is 0 Å². The maximum absolute atomic E-state index is 12.0. The summed E-state index contributed by atoms with van der Waals surface area (Å²) in [6.07, 6.45) is 0. The molecule has 28 heavy (non-hydrogen) atoms. The summed E-state index contributed by atoms with van der Waals surface area (Å²) in [6.45, 7) is 3.71. The molecule has 10 nitrogen and oxygen atoms in total. The number of ether oxygens (including phenoxy) is 1. The number of anilines is 1. The smallest absolute Gasteiger partial charge is 0.434 e. The van der Waals surface area contributed by atoms with Crippen LogP contribution in [0.25, 0.3) is 0 Å². The molecule has 3 N–H and O–H groups in total. The molecule has 0 spiro atoms. The average molecular weight is 426 g/mol. The van der Waals surface area contributed by atoms with E-state index in [0.29, 0.717) is 5.56 Å². The molecule has 0 radical (unpaired) electrons. The molecule has 0 aliphatic carbocycles. The Morgan fingerprint density at radius 3 is 2.46 bits per heavy atom. The fourth-order valence-corrected chi connectivity index (χ4v) is 2.80. The number of halogens is 2. The topological polar surface area (TPSA) is 143 Å². The molecular weight excluding hydrogens is 413 g/mol. The van der Waals surface area contributed by atoms with Gasteiger partial charge in [0.05, 0.1) is 10.0 Å². The molecule has 0 fully saturated rings. The number of carbonyl (C=O) groups excluding carboxylic acids is 1. The normalized spacial score (nSPS) is 10.9. The Hall–Kier alpha value is -3.11. The van der Waals surface area contributed by atoms with E-state index >= 15 is 0 Å². The number of hydrogen-bond donors (Lipinski definition) is 3. The predicted octanol–water partition coefficient (Wildman–Crippen LogP) is 2.92. The quantitative estimate of drug-likeness (QED) is 0.569. The predicted molar refractivity (Wildman–Crippen MR) is 101 cm³/mol. The van der Waals surface area contributed by atoms with E-state index in [1.54, 1.807) is 0 Å². The molecule has 146 valence electrons. The van der Waals surface area contributed by atoms with Crippen molar-refractivity contribution >= 4 is 34.8 Å². The highest BCUT2D eigenvalue weighted by molar-refractivity contribution is 6.37. The minimum atomic E-state index is -0.862. The minimum Gasteiger partial charge on any atom is -0.434 e. The van der Waals surface area contributed by atoms with Crippen LogP contribution in [0.2, 0.25) is 10.0 Å². The summed E-state index contributed by atoms with van der Waals surface area (Å²) in [5.74, 6) is -1.75. The molecule has 0 aliphatic rings. The van der Waals surface area contributed by atoms with Crippen LogP contribution < -0.4 is 21.4 Å². The Labute approximate surface area is 166 Å². The van der Waals surface area contributed by atoms with E-state index in [0.717, 1.165) is 0 Å². The Balaban J connectivity index is 1.84. The van der Waals surface area contributed by atoms with Gasteiger partial charge >= 0.3 is 5.76 Å². The van der Waals surface area contributed by atoms with Gasteiger partial charge in [-0.1, -0.05) is 37.0 Å². The molecule has 0 aliphatic heterocycles. The number of carbonyl (C=O) groups is 1. The first-order chi connectivity index (χ1) is 13.2. The van der Waals surface area contributed by atoms with E-state index in [4.69, 9.17) is 27.9 Å². The van der Waals surface area contributed by atoms with Gasteiger partial charge in [0.2, 0.25) is 11.7 Å². The highest BCUT2D eigenvalue weighted by Crippen LogP contribution is 2.38. The fourth-order valence-electron chi connectivity index (χ4n) is 2.23. The Bertz CT molecular complexity index is 1130. The lowest BCUT2D eigenvalue weighted by molar-refractivity contribution is 0.101. The molecule has 2 heterocycles. The van der Waals surface area contributed by atoms with Gasteiger partial charge in [0.25, 0.3) is 11.5 Å². The molecule has 3 rings (SSSR count). The lowest BCUT2D eigenvalue weighted by Crippen LogP contribution is -2.15. The van der Waals surface area contributed by atoms with E-state index in [1.165, 1.54) is 18.2 Å². The van der Waals surface area contributed by atoms with Crippen LogP contribution in [-0.2, 0) is 0 Å². The van der Waals surface area contributed by atoms with Gasteiger partial charge in [0.1, 0.15) is 0 Å². The standard InChI is InChI=1S/C16H13Cl2N5O5/c1-6(2)8-5-11(21-22-14(8)24)27-12-9(17)3-7(4-10(12)18)19-15(25)13-20-16(26)28-23-13/h3-6H,1-2H3,(H,19,25)(H,22,24)(H,20,23,26). The molecule has 0 saturated carbocycles. The van der Waals surface area contributed by atoms with Gasteiger partial charge in [-0.25, -0.2) is 9.89 Å². The molecule has 1 aromatic carbocycles. The van der Waals surface area contributed by atoms with Gasteiger partial charge < -0.3 is 10.1 Å². The summed E-state index contributed by atoms with van der Waals surface area (Å²) in [5, 5.41) is 12.1. The van der Waals surface area contributed by atoms with E-state index in [-0.39, 0.29) is 44.7 Å². The summed E-state index contributed by atoms with van der Waals surface area (Å²) >= 11 is 12.4. The number of hydrogen-bond acceptors (Lipinski definition) is 7. The number of rotatable bonds is 5. The largest absolute Gasteiger partial charge is 0.439 e. The van der Waals surface area contributed by atoms with Gasteiger partial charge in [-0.15, -0.1) is 5.10 Å². The van der Waals surface area contributed by atoms with Crippen LogP contribution >= 0.6 is 23.2 Å². The fraction of sp³-hybridized carbons (Fsp3) is 0.188. The maximum atomic E-state index is 12.0. The van der Waals surface area contributed by atoms with Crippen molar-refractivity contribution in [3.63, 3.8) is 0 Å². The number of nitrogens with zero attached hydrogens (tertiary/aromatic N) is 2. The van der Waals surface area contributed by atoms with Crippen LogP contribution in [0.5, 0.6) is 11.6 Å². The lowest BCUT2D eigenvalue weighted by atomic mass is 10.1. The summed E-state index contributed by atoms with van der Waals surface area (Å²) in [7, 11) is 0. The first kappa shape index (κ1) is 19.6. The second-order valence-corrected chi connectivity index (χ2v) is 6.73. The Morgan fingerprint density at radius 1 is 1.21 bits per heavy atom. The highest BCUT2D eigenvalue weighted by atomic mass is 35.5. The number of benzene rings is 1. The third kappa shape index (κ3) is 4.24. The third-order valence-electron chi connectivity index (χ3n) is 3.55. The summed E-state index contributed by atoms with van der Waals surface area (Å²) in [6, 6.07) is 4.26. The molecule has 1 amide bonds. The zero-order valence-electron chi connectivity index (χ0n) is 14.5. The molecule has 2 aromatic heterocycles. The molecular formula is C16H13Cl2N5O5. The van der Waals surface area contributed by atoms with Crippen molar-refractivity contribution in [2.24, 2.45) is 0 Å². The monoisotopic (exact) mass is 425 g/mol. The number of amides is 1. The van der Waals surface area contributed by atoms with Gasteiger partial charge in [-0.3, -0.25) is 19.1 Å². The van der Waals surface area contributed by atoms with E-state index in [1.807, 2.05) is 13.8 Å². The number of aromatic amines is 2. The van der Waals surface area contributed by atoms with Crippen LogP contribution in [0.4, 0.5) is 5.69 Å². The molecule has 3 aromatic rings. The van der Waals surface area contributed by atoms with E-state index in [2.05, 4.69) is 30.2 Å². The summed E-state index contributed by atoms with van der Waals surface area (Å²) in [5.41, 5.74) is 0.403. The summed E-state index contributed by atoms with van der Waals surface area (Å²) < 4.78 is 9.87. The SMILES string of the molecule is CC(C)c1cc(Oc2c(Cl)cc(NC(=O)c3noc(=O)[nH]3)cc2Cl)n[nH]c1=O. The number of H-pyrrole nitrogens is 2. The van der Waals surface area contributed by atoms with E-state index in [9.17, 15) is 14.4 Å². The minimum absolute atomic E-state index is 0.0411. The van der Waals surface area contributed by atoms with Crippen molar-refractivity contribution in [1.29, 1.82) is 0 Å². The molecule has 0 unspecified atom stereocenters. The number of aromatic nitrogens is 4. The first-order valence-electron chi connectivity index (χ1n) is 7.88. The molecule has 12 heteroatoms. The highest BCUT2D eigenvalue weighted by Gasteiger charge is 2.17. The van der Waals surface area contributed by atoms with Crippen molar-refractivity contribution < 1.29 is 14.1 Å². The van der Waals surface area contributed by atoms with Gasteiger partial charge in [0, 0.05) is 17.3 Å². The lowest BCUT2D eigenvalue weighted by Gasteiger charge is -2.12. The number of nitrogens with one attached hydrogen (secondary N) is 3. The van der Waals surface area contributed by atoms with Crippen LogP contribution in [0.1, 0.15) is 35.9 Å². The third-order valence-corrected chi connectivity index (χ3v) is 4.11. The van der Waals surface area contributed by atoms with Crippen LogP contribution in [0, 0.1) is 0 Å². The van der Waals surface area contributed by atoms with Gasteiger partial charge in [0.15, 0.2) is 5.75 Å². The van der Waals surface area contributed by atoms with Crippen molar-refractivity contribution in [2.45, 2.75) is 19.8 Å². The zero-order valence-corrected chi connectivity index (χ0v) is 16.0. The average Bonchev–Trinajstić information content (AvgIpc) is 3.06. The van der Waals surface area contributed by atoms with Crippen molar-refractivity contribution in [3.05, 3.63) is 60.5 Å².